The SMILES string of the molecule is COC(=O)COc1ccc(N=NN)cc1. The van der Waals surface area contributed by atoms with Gasteiger partial charge in [-0.1, -0.05) is 5.22 Å². The van der Waals surface area contributed by atoms with Crippen LogP contribution in [0.5, 0.6) is 5.75 Å². The molecular formula is C9H11N3O3. The lowest BCUT2D eigenvalue weighted by Gasteiger charge is -2.03. The lowest BCUT2D eigenvalue weighted by molar-refractivity contribution is -0.142. The Balaban J connectivity index is 2.53. The summed E-state index contributed by atoms with van der Waals surface area (Å²) in [6, 6.07) is 6.66. The summed E-state index contributed by atoms with van der Waals surface area (Å²) in [6.07, 6.45) is 0. The first-order chi connectivity index (χ1) is 7.26. The molecule has 2 N–H and O–H groups in total. The average Bonchev–Trinajstić information content (AvgIpc) is 2.28. The van der Waals surface area contributed by atoms with Crippen molar-refractivity contribution >= 4 is 11.7 Å². The minimum absolute atomic E-state index is 0.117. The number of carbonyl (C=O) groups excluding carboxylic acids is 1. The molecule has 0 amide bonds. The Kier molecular flexibility index (Phi) is 4.08. The van der Waals surface area contributed by atoms with Crippen molar-refractivity contribution in [1.29, 1.82) is 0 Å². The Hall–Kier alpha value is -2.11. The molecule has 0 atom stereocenters. The highest BCUT2D eigenvalue weighted by molar-refractivity contribution is 5.70. The van der Waals surface area contributed by atoms with Crippen molar-refractivity contribution in [2.24, 2.45) is 16.2 Å². The van der Waals surface area contributed by atoms with Crippen LogP contribution in [0.25, 0.3) is 0 Å². The van der Waals surface area contributed by atoms with Crippen LogP contribution in [0.1, 0.15) is 0 Å². The van der Waals surface area contributed by atoms with Gasteiger partial charge in [-0.05, 0) is 24.3 Å². The van der Waals surface area contributed by atoms with Crippen molar-refractivity contribution in [3.63, 3.8) is 0 Å². The van der Waals surface area contributed by atoms with E-state index in [1.54, 1.807) is 24.3 Å². The van der Waals surface area contributed by atoms with Crippen molar-refractivity contribution in [3.8, 4) is 5.75 Å². The highest BCUT2D eigenvalue weighted by Crippen LogP contribution is 2.17. The molecule has 0 bridgehead atoms. The fourth-order valence-corrected chi connectivity index (χ4v) is 0.877. The summed E-state index contributed by atoms with van der Waals surface area (Å²) in [5.41, 5.74) is 0.614. The third kappa shape index (κ3) is 3.63. The molecule has 80 valence electrons. The van der Waals surface area contributed by atoms with Crippen LogP contribution >= 0.6 is 0 Å². The maximum absolute atomic E-state index is 10.8. The van der Waals surface area contributed by atoms with E-state index in [4.69, 9.17) is 10.6 Å². The Morgan fingerprint density at radius 3 is 2.60 bits per heavy atom. The van der Waals surface area contributed by atoms with E-state index in [2.05, 4.69) is 15.1 Å². The third-order valence-electron chi connectivity index (χ3n) is 1.59. The van der Waals surface area contributed by atoms with Crippen molar-refractivity contribution in [1.82, 2.24) is 0 Å². The van der Waals surface area contributed by atoms with Crippen molar-refractivity contribution in [2.75, 3.05) is 13.7 Å². The van der Waals surface area contributed by atoms with E-state index >= 15 is 0 Å². The monoisotopic (exact) mass is 209 g/mol. The fraction of sp³-hybridized carbons (Fsp3) is 0.222. The lowest BCUT2D eigenvalue weighted by Crippen LogP contribution is -2.12. The standard InChI is InChI=1S/C9H11N3O3/c1-14-9(13)6-15-8-4-2-7(3-5-8)11-12-10/h2-5H,6H2,1H3,(H2,10,11). The lowest BCUT2D eigenvalue weighted by atomic mass is 10.3. The number of methoxy groups -OCH3 is 1. The summed E-state index contributed by atoms with van der Waals surface area (Å²) in [6.45, 7) is -0.117. The number of nitrogens with zero attached hydrogens (tertiary/aromatic N) is 2. The summed E-state index contributed by atoms with van der Waals surface area (Å²) in [5.74, 6) is 5.00. The molecule has 0 aliphatic heterocycles. The summed E-state index contributed by atoms with van der Waals surface area (Å²) >= 11 is 0. The van der Waals surface area contributed by atoms with Crippen LogP contribution in [0.15, 0.2) is 34.6 Å². The number of nitrogens with two attached hydrogens (primary N) is 1. The van der Waals surface area contributed by atoms with Gasteiger partial charge in [0.25, 0.3) is 0 Å². The molecule has 1 aromatic rings. The fourth-order valence-electron chi connectivity index (χ4n) is 0.877. The number of rotatable bonds is 4. The van der Waals surface area contributed by atoms with E-state index in [-0.39, 0.29) is 6.61 Å². The number of ether oxygens (including phenoxy) is 2. The molecule has 6 nitrogen and oxygen atoms in total. The molecule has 0 saturated carbocycles. The first-order valence-electron chi connectivity index (χ1n) is 4.17. The van der Waals surface area contributed by atoms with Gasteiger partial charge in [-0.3, -0.25) is 0 Å². The maximum Gasteiger partial charge on any atom is 0.343 e. The van der Waals surface area contributed by atoms with Gasteiger partial charge in [0.1, 0.15) is 5.75 Å². The highest BCUT2D eigenvalue weighted by Gasteiger charge is 2.01. The molecule has 0 spiro atoms. The molecule has 0 aromatic heterocycles. The van der Waals surface area contributed by atoms with Crippen molar-refractivity contribution < 1.29 is 14.3 Å². The van der Waals surface area contributed by atoms with E-state index in [9.17, 15) is 4.79 Å². The van der Waals surface area contributed by atoms with Gasteiger partial charge >= 0.3 is 5.97 Å². The van der Waals surface area contributed by atoms with Crippen LogP contribution in [-0.4, -0.2) is 19.7 Å². The summed E-state index contributed by atoms with van der Waals surface area (Å²) in [5, 5.41) is 6.75. The van der Waals surface area contributed by atoms with Crippen LogP contribution in [0.4, 0.5) is 5.69 Å². The summed E-state index contributed by atoms with van der Waals surface area (Å²) in [7, 11) is 1.30. The quantitative estimate of drug-likeness (QED) is 0.349. The second-order valence-corrected chi connectivity index (χ2v) is 2.57. The first-order valence-corrected chi connectivity index (χ1v) is 4.17. The van der Waals surface area contributed by atoms with Gasteiger partial charge in [0.15, 0.2) is 6.61 Å². The van der Waals surface area contributed by atoms with Crippen LogP contribution in [-0.2, 0) is 9.53 Å². The van der Waals surface area contributed by atoms with Crippen LogP contribution in [0.2, 0.25) is 0 Å². The number of esters is 1. The zero-order valence-electron chi connectivity index (χ0n) is 8.21. The molecule has 0 aliphatic carbocycles. The molecule has 0 fully saturated rings. The molecule has 6 heteroatoms. The van der Waals surface area contributed by atoms with Crippen LogP contribution in [0.3, 0.4) is 0 Å². The Morgan fingerprint density at radius 2 is 2.07 bits per heavy atom. The van der Waals surface area contributed by atoms with E-state index in [0.717, 1.165) is 0 Å². The normalized spacial score (nSPS) is 10.2. The van der Waals surface area contributed by atoms with Crippen molar-refractivity contribution in [3.05, 3.63) is 24.3 Å². The zero-order valence-corrected chi connectivity index (χ0v) is 8.21. The second-order valence-electron chi connectivity index (χ2n) is 2.57. The second kappa shape index (κ2) is 5.58. The Labute approximate surface area is 86.7 Å². The van der Waals surface area contributed by atoms with Crippen LogP contribution in [0, 0.1) is 0 Å². The minimum Gasteiger partial charge on any atom is -0.482 e. The van der Waals surface area contributed by atoms with Crippen molar-refractivity contribution in [2.45, 2.75) is 0 Å². The van der Waals surface area contributed by atoms with E-state index < -0.39 is 5.97 Å². The van der Waals surface area contributed by atoms with Gasteiger partial charge in [-0.15, -0.1) is 5.11 Å². The van der Waals surface area contributed by atoms with Gasteiger partial charge in [0.05, 0.1) is 12.8 Å². The Bertz CT molecular complexity index is 348. The molecule has 0 radical (unpaired) electrons. The molecule has 15 heavy (non-hydrogen) atoms. The predicted octanol–water partition coefficient (Wildman–Crippen LogP) is 1.20. The number of benzene rings is 1. The number of hydrogen-bond acceptors (Lipinski definition) is 5. The third-order valence-corrected chi connectivity index (χ3v) is 1.59. The van der Waals surface area contributed by atoms with E-state index in [1.165, 1.54) is 7.11 Å². The van der Waals surface area contributed by atoms with Gasteiger partial charge in [0.2, 0.25) is 0 Å². The minimum atomic E-state index is -0.430. The molecular weight excluding hydrogens is 198 g/mol. The molecule has 0 saturated heterocycles. The predicted molar refractivity (Wildman–Crippen MR) is 52.7 cm³/mol. The largest absolute Gasteiger partial charge is 0.482 e. The Morgan fingerprint density at radius 1 is 1.40 bits per heavy atom. The molecule has 0 unspecified atom stereocenters. The number of hydrogen-bond donors (Lipinski definition) is 1. The topological polar surface area (TPSA) is 86.3 Å². The number of carbonyl (C=O) groups is 1. The maximum atomic E-state index is 10.8. The average molecular weight is 209 g/mol. The van der Waals surface area contributed by atoms with Gasteiger partial charge in [-0.2, -0.15) is 0 Å². The van der Waals surface area contributed by atoms with Gasteiger partial charge in [0, 0.05) is 0 Å². The highest BCUT2D eigenvalue weighted by atomic mass is 16.6. The zero-order chi connectivity index (χ0) is 11.1. The van der Waals surface area contributed by atoms with E-state index in [0.29, 0.717) is 11.4 Å². The first kappa shape index (κ1) is 11.0. The molecule has 0 aliphatic rings. The van der Waals surface area contributed by atoms with Gasteiger partial charge < -0.3 is 15.3 Å². The van der Waals surface area contributed by atoms with Gasteiger partial charge in [-0.25, -0.2) is 4.79 Å². The smallest absolute Gasteiger partial charge is 0.343 e. The summed E-state index contributed by atoms with van der Waals surface area (Å²) in [4.78, 5) is 10.8. The molecule has 1 rings (SSSR count). The van der Waals surface area contributed by atoms with E-state index in [1.807, 2.05) is 0 Å². The summed E-state index contributed by atoms with van der Waals surface area (Å²) < 4.78 is 9.53. The molecule has 1 aromatic carbocycles. The van der Waals surface area contributed by atoms with Crippen LogP contribution < -0.4 is 10.6 Å². The molecule has 0 heterocycles.